The van der Waals surface area contributed by atoms with E-state index >= 15 is 0 Å². The molecule has 2 rings (SSSR count). The Morgan fingerprint density at radius 1 is 0.893 bits per heavy atom. The second-order valence-corrected chi connectivity index (χ2v) is 5.68. The molecule has 0 spiro atoms. The van der Waals surface area contributed by atoms with Crippen molar-refractivity contribution in [3.05, 3.63) is 48.0 Å². The Balaban J connectivity index is 1.80. The second kappa shape index (κ2) is 10.6. The molecule has 0 saturated carbocycles. The van der Waals surface area contributed by atoms with Gasteiger partial charge in [0.25, 0.3) is 0 Å². The molecule has 0 atom stereocenters. The van der Waals surface area contributed by atoms with Crippen molar-refractivity contribution in [3.8, 4) is 17.2 Å². The van der Waals surface area contributed by atoms with Gasteiger partial charge in [-0.25, -0.2) is 5.43 Å². The van der Waals surface area contributed by atoms with Gasteiger partial charge in [-0.05, 0) is 42.5 Å². The van der Waals surface area contributed by atoms with E-state index in [0.717, 1.165) is 0 Å². The Morgan fingerprint density at radius 3 is 2.18 bits per heavy atom. The summed E-state index contributed by atoms with van der Waals surface area (Å²) in [6.45, 7) is 0. The number of hydrogen-bond acceptors (Lipinski definition) is 6. The summed E-state index contributed by atoms with van der Waals surface area (Å²) >= 11 is 0. The number of hydrazone groups is 1. The summed E-state index contributed by atoms with van der Waals surface area (Å²) in [7, 11) is 4.67. The maximum Gasteiger partial charge on any atom is 0.240 e. The molecule has 0 aliphatic heterocycles. The zero-order chi connectivity index (χ0) is 20.4. The molecule has 2 aromatic carbocycles. The van der Waals surface area contributed by atoms with Crippen molar-refractivity contribution in [2.24, 2.45) is 5.10 Å². The van der Waals surface area contributed by atoms with Crippen LogP contribution >= 0.6 is 0 Å². The number of nitrogens with zero attached hydrogens (tertiary/aromatic N) is 1. The number of methoxy groups -OCH3 is 3. The van der Waals surface area contributed by atoms with Crippen LogP contribution in [0.5, 0.6) is 17.2 Å². The molecule has 8 nitrogen and oxygen atoms in total. The molecule has 148 valence electrons. The van der Waals surface area contributed by atoms with Gasteiger partial charge in [0, 0.05) is 24.1 Å². The zero-order valence-electron chi connectivity index (χ0n) is 16.0. The van der Waals surface area contributed by atoms with Crippen LogP contribution in [0.25, 0.3) is 0 Å². The molecule has 2 amide bonds. The van der Waals surface area contributed by atoms with Gasteiger partial charge in [0.05, 0.1) is 27.5 Å². The number of carbonyl (C=O) groups excluding carboxylic acids is 2. The lowest BCUT2D eigenvalue weighted by molar-refractivity contribution is -0.124. The summed E-state index contributed by atoms with van der Waals surface area (Å²) in [4.78, 5) is 23.8. The third-order valence-corrected chi connectivity index (χ3v) is 3.78. The van der Waals surface area contributed by atoms with Crippen LogP contribution in [0, 0.1) is 0 Å². The maximum absolute atomic E-state index is 11.9. The van der Waals surface area contributed by atoms with E-state index < -0.39 is 0 Å². The minimum absolute atomic E-state index is 0.00851. The van der Waals surface area contributed by atoms with Gasteiger partial charge >= 0.3 is 0 Å². The van der Waals surface area contributed by atoms with E-state index in [4.69, 9.17) is 14.2 Å². The van der Waals surface area contributed by atoms with E-state index in [1.807, 2.05) is 0 Å². The summed E-state index contributed by atoms with van der Waals surface area (Å²) < 4.78 is 15.4. The molecule has 28 heavy (non-hydrogen) atoms. The predicted molar refractivity (Wildman–Crippen MR) is 106 cm³/mol. The summed E-state index contributed by atoms with van der Waals surface area (Å²) in [6.07, 6.45) is 1.50. The van der Waals surface area contributed by atoms with E-state index in [1.165, 1.54) is 6.21 Å². The number of hydrogen-bond donors (Lipinski definition) is 2. The zero-order valence-corrected chi connectivity index (χ0v) is 16.0. The molecule has 0 unspecified atom stereocenters. The predicted octanol–water partition coefficient (Wildman–Crippen LogP) is 2.58. The first kappa shape index (κ1) is 20.8. The number of ether oxygens (including phenoxy) is 3. The topological polar surface area (TPSA) is 98.2 Å². The van der Waals surface area contributed by atoms with Crippen molar-refractivity contribution in [2.75, 3.05) is 26.6 Å². The van der Waals surface area contributed by atoms with E-state index in [1.54, 1.807) is 63.8 Å². The molecule has 0 aliphatic rings. The van der Waals surface area contributed by atoms with Crippen LogP contribution in [0.15, 0.2) is 47.6 Å². The van der Waals surface area contributed by atoms with Crippen molar-refractivity contribution in [1.82, 2.24) is 5.43 Å². The Labute approximate surface area is 163 Å². The Kier molecular flexibility index (Phi) is 7.83. The fourth-order valence-electron chi connectivity index (χ4n) is 2.29. The third kappa shape index (κ3) is 6.31. The molecule has 0 radical (unpaired) electrons. The number of anilines is 1. The average molecular weight is 385 g/mol. The van der Waals surface area contributed by atoms with Crippen LogP contribution in [0.2, 0.25) is 0 Å². The molecule has 0 saturated heterocycles. The number of nitrogens with one attached hydrogen (secondary N) is 2. The fourth-order valence-corrected chi connectivity index (χ4v) is 2.29. The van der Waals surface area contributed by atoms with Gasteiger partial charge in [0.2, 0.25) is 11.8 Å². The number of amides is 2. The minimum Gasteiger partial charge on any atom is -0.497 e. The van der Waals surface area contributed by atoms with Crippen molar-refractivity contribution < 1.29 is 23.8 Å². The molecule has 2 N–H and O–H groups in total. The quantitative estimate of drug-likeness (QED) is 0.511. The van der Waals surface area contributed by atoms with Gasteiger partial charge in [-0.2, -0.15) is 5.10 Å². The van der Waals surface area contributed by atoms with E-state index in [0.29, 0.717) is 28.5 Å². The average Bonchev–Trinajstić information content (AvgIpc) is 2.72. The van der Waals surface area contributed by atoms with Crippen LogP contribution in [0.4, 0.5) is 5.69 Å². The van der Waals surface area contributed by atoms with Gasteiger partial charge in [-0.3, -0.25) is 9.59 Å². The van der Waals surface area contributed by atoms with Crippen LogP contribution in [-0.4, -0.2) is 39.4 Å². The highest BCUT2D eigenvalue weighted by atomic mass is 16.5. The fraction of sp³-hybridized carbons (Fsp3) is 0.250. The number of carbonyl (C=O) groups is 2. The van der Waals surface area contributed by atoms with Gasteiger partial charge in [0.1, 0.15) is 17.2 Å². The molecule has 0 aliphatic carbocycles. The first-order chi connectivity index (χ1) is 13.5. The van der Waals surface area contributed by atoms with E-state index in [9.17, 15) is 9.59 Å². The summed E-state index contributed by atoms with van der Waals surface area (Å²) in [5.41, 5.74) is 3.68. The highest BCUT2D eigenvalue weighted by Gasteiger charge is 2.07. The Bertz CT molecular complexity index is 834. The lowest BCUT2D eigenvalue weighted by atomic mass is 10.2. The van der Waals surface area contributed by atoms with Crippen molar-refractivity contribution in [3.63, 3.8) is 0 Å². The van der Waals surface area contributed by atoms with Crippen molar-refractivity contribution >= 4 is 23.7 Å². The van der Waals surface area contributed by atoms with Gasteiger partial charge in [-0.15, -0.1) is 0 Å². The molecule has 2 aromatic rings. The highest BCUT2D eigenvalue weighted by Crippen LogP contribution is 2.22. The largest absolute Gasteiger partial charge is 0.497 e. The van der Waals surface area contributed by atoms with Gasteiger partial charge < -0.3 is 19.5 Å². The first-order valence-corrected chi connectivity index (χ1v) is 8.53. The van der Waals surface area contributed by atoms with Crippen LogP contribution in [0.3, 0.4) is 0 Å². The standard InChI is InChI=1S/C20H23N3O5/c1-26-16-6-4-15(5-7-16)22-19(24)10-11-20(25)23-21-13-14-12-17(27-2)8-9-18(14)28-3/h4-9,12-13H,10-11H2,1-3H3,(H,22,24)(H,23,25). The molecule has 0 aromatic heterocycles. The monoisotopic (exact) mass is 385 g/mol. The molecular weight excluding hydrogens is 362 g/mol. The molecule has 8 heteroatoms. The first-order valence-electron chi connectivity index (χ1n) is 8.53. The third-order valence-electron chi connectivity index (χ3n) is 3.78. The Morgan fingerprint density at radius 2 is 1.54 bits per heavy atom. The van der Waals surface area contributed by atoms with E-state index in [-0.39, 0.29) is 24.7 Å². The smallest absolute Gasteiger partial charge is 0.240 e. The Hall–Kier alpha value is -3.55. The van der Waals surface area contributed by atoms with Crippen molar-refractivity contribution in [1.29, 1.82) is 0 Å². The summed E-state index contributed by atoms with van der Waals surface area (Å²) in [5, 5.41) is 6.62. The lowest BCUT2D eigenvalue weighted by Crippen LogP contribution is -2.20. The molecular formula is C20H23N3O5. The molecule has 0 heterocycles. The van der Waals surface area contributed by atoms with Crippen LogP contribution in [0.1, 0.15) is 18.4 Å². The lowest BCUT2D eigenvalue weighted by Gasteiger charge is -2.07. The van der Waals surface area contributed by atoms with Crippen LogP contribution in [-0.2, 0) is 9.59 Å². The summed E-state index contributed by atoms with van der Waals surface area (Å²) in [5.74, 6) is 1.30. The van der Waals surface area contributed by atoms with E-state index in [2.05, 4.69) is 15.8 Å². The molecule has 0 fully saturated rings. The normalized spacial score (nSPS) is 10.4. The van der Waals surface area contributed by atoms with Crippen molar-refractivity contribution in [2.45, 2.75) is 12.8 Å². The number of rotatable bonds is 9. The minimum atomic E-state index is -0.372. The molecule has 0 bridgehead atoms. The van der Waals surface area contributed by atoms with Crippen LogP contribution < -0.4 is 25.0 Å². The number of benzene rings is 2. The van der Waals surface area contributed by atoms with Gasteiger partial charge in [-0.1, -0.05) is 0 Å². The maximum atomic E-state index is 11.9. The summed E-state index contributed by atoms with van der Waals surface area (Å²) in [6, 6.07) is 12.2. The second-order valence-electron chi connectivity index (χ2n) is 5.68. The highest BCUT2D eigenvalue weighted by molar-refractivity contribution is 5.93. The van der Waals surface area contributed by atoms with Gasteiger partial charge in [0.15, 0.2) is 0 Å². The SMILES string of the molecule is COc1ccc(NC(=O)CCC(=O)NN=Cc2cc(OC)ccc2OC)cc1.